The van der Waals surface area contributed by atoms with E-state index in [0.29, 0.717) is 41.5 Å². The van der Waals surface area contributed by atoms with E-state index in [0.717, 1.165) is 11.1 Å². The van der Waals surface area contributed by atoms with Gasteiger partial charge in [-0.3, -0.25) is 4.79 Å². The second-order valence-electron chi connectivity index (χ2n) is 5.72. The van der Waals surface area contributed by atoms with Crippen LogP contribution in [0.5, 0.6) is 23.0 Å². The van der Waals surface area contributed by atoms with Crippen molar-refractivity contribution < 1.29 is 23.7 Å². The second kappa shape index (κ2) is 9.52. The lowest BCUT2D eigenvalue weighted by molar-refractivity contribution is 0.0950. The van der Waals surface area contributed by atoms with Crippen molar-refractivity contribution in [3.05, 3.63) is 59.7 Å². The number of carbonyl (C=O) groups excluding carboxylic acids is 1. The molecule has 0 aliphatic heterocycles. The molecule has 0 aliphatic rings. The van der Waals surface area contributed by atoms with Crippen LogP contribution in [0.15, 0.2) is 43.0 Å². The third-order valence-electron chi connectivity index (χ3n) is 4.11. The van der Waals surface area contributed by atoms with Crippen LogP contribution in [0.1, 0.15) is 21.5 Å². The average Bonchev–Trinajstić information content (AvgIpc) is 2.71. The third kappa shape index (κ3) is 4.73. The zero-order chi connectivity index (χ0) is 19.8. The largest absolute Gasteiger partial charge is 0.497 e. The Hall–Kier alpha value is -3.15. The standard InChI is InChI=1S/C21H25NO5/c1-6-7-14-10-15(12-19(26-4)20(14)27-5)21(23)22-13-16-11-17(24-2)8-9-18(16)25-3/h6,8-12H,1,7,13H2,2-5H3,(H,22,23). The van der Waals surface area contributed by atoms with Crippen LogP contribution in [-0.2, 0) is 13.0 Å². The van der Waals surface area contributed by atoms with E-state index in [4.69, 9.17) is 18.9 Å². The first-order valence-corrected chi connectivity index (χ1v) is 8.42. The van der Waals surface area contributed by atoms with Crippen LogP contribution >= 0.6 is 0 Å². The van der Waals surface area contributed by atoms with Crippen molar-refractivity contribution in [2.24, 2.45) is 0 Å². The van der Waals surface area contributed by atoms with E-state index >= 15 is 0 Å². The molecule has 0 fully saturated rings. The van der Waals surface area contributed by atoms with E-state index < -0.39 is 0 Å². The molecule has 27 heavy (non-hydrogen) atoms. The minimum Gasteiger partial charge on any atom is -0.497 e. The van der Waals surface area contributed by atoms with Crippen molar-refractivity contribution in [1.82, 2.24) is 5.32 Å². The smallest absolute Gasteiger partial charge is 0.251 e. The molecule has 0 aromatic heterocycles. The molecule has 6 nitrogen and oxygen atoms in total. The molecule has 0 radical (unpaired) electrons. The van der Waals surface area contributed by atoms with Crippen LogP contribution in [0.25, 0.3) is 0 Å². The normalized spacial score (nSPS) is 10.1. The minimum atomic E-state index is -0.230. The summed E-state index contributed by atoms with van der Waals surface area (Å²) in [5, 5.41) is 2.90. The molecule has 0 heterocycles. The number of hydrogen-bond donors (Lipinski definition) is 1. The van der Waals surface area contributed by atoms with Crippen molar-refractivity contribution in [3.63, 3.8) is 0 Å². The zero-order valence-electron chi connectivity index (χ0n) is 16.1. The molecule has 2 aromatic carbocycles. The molecule has 6 heteroatoms. The first kappa shape index (κ1) is 20.2. The lowest BCUT2D eigenvalue weighted by Gasteiger charge is -2.15. The number of benzene rings is 2. The van der Waals surface area contributed by atoms with Gasteiger partial charge in [-0.25, -0.2) is 0 Å². The maximum Gasteiger partial charge on any atom is 0.251 e. The number of amides is 1. The molecule has 1 N–H and O–H groups in total. The lowest BCUT2D eigenvalue weighted by Crippen LogP contribution is -2.23. The first-order chi connectivity index (χ1) is 13.1. The Kier molecular flexibility index (Phi) is 7.11. The van der Waals surface area contributed by atoms with Crippen molar-refractivity contribution in [2.75, 3.05) is 28.4 Å². The highest BCUT2D eigenvalue weighted by atomic mass is 16.5. The van der Waals surface area contributed by atoms with Gasteiger partial charge in [0, 0.05) is 23.2 Å². The van der Waals surface area contributed by atoms with Crippen molar-refractivity contribution in [3.8, 4) is 23.0 Å². The lowest BCUT2D eigenvalue weighted by atomic mass is 10.0. The minimum absolute atomic E-state index is 0.230. The van der Waals surface area contributed by atoms with Gasteiger partial charge in [-0.05, 0) is 36.8 Å². The Morgan fingerprint density at radius 3 is 2.30 bits per heavy atom. The van der Waals surface area contributed by atoms with Crippen LogP contribution in [0.2, 0.25) is 0 Å². The van der Waals surface area contributed by atoms with Crippen LogP contribution in [0, 0.1) is 0 Å². The molecular weight excluding hydrogens is 346 g/mol. The number of hydrogen-bond acceptors (Lipinski definition) is 5. The highest BCUT2D eigenvalue weighted by Gasteiger charge is 2.16. The molecule has 1 amide bonds. The predicted molar refractivity (Wildman–Crippen MR) is 104 cm³/mol. The average molecular weight is 371 g/mol. The molecule has 2 rings (SSSR count). The molecule has 0 aliphatic carbocycles. The topological polar surface area (TPSA) is 66.0 Å². The molecule has 0 atom stereocenters. The van der Waals surface area contributed by atoms with Gasteiger partial charge in [0.2, 0.25) is 0 Å². The van der Waals surface area contributed by atoms with Gasteiger partial charge in [-0.2, -0.15) is 0 Å². The maximum absolute atomic E-state index is 12.7. The highest BCUT2D eigenvalue weighted by molar-refractivity contribution is 5.95. The Balaban J connectivity index is 2.26. The quantitative estimate of drug-likeness (QED) is 0.685. The Labute approximate surface area is 159 Å². The van der Waals surface area contributed by atoms with Crippen molar-refractivity contribution >= 4 is 5.91 Å². The summed E-state index contributed by atoms with van der Waals surface area (Å²) < 4.78 is 21.4. The van der Waals surface area contributed by atoms with Gasteiger partial charge >= 0.3 is 0 Å². The van der Waals surface area contributed by atoms with Gasteiger partial charge in [0.05, 0.1) is 28.4 Å². The molecule has 0 bridgehead atoms. The third-order valence-corrected chi connectivity index (χ3v) is 4.11. The summed E-state index contributed by atoms with van der Waals surface area (Å²) in [6, 6.07) is 8.88. The Morgan fingerprint density at radius 2 is 1.70 bits per heavy atom. The van der Waals surface area contributed by atoms with Gasteiger partial charge < -0.3 is 24.3 Å². The molecular formula is C21H25NO5. The van der Waals surface area contributed by atoms with Crippen LogP contribution < -0.4 is 24.3 Å². The molecule has 0 unspecified atom stereocenters. The highest BCUT2D eigenvalue weighted by Crippen LogP contribution is 2.33. The summed E-state index contributed by atoms with van der Waals surface area (Å²) in [6.45, 7) is 4.05. The van der Waals surface area contributed by atoms with Crippen molar-refractivity contribution in [1.29, 1.82) is 0 Å². The number of rotatable bonds is 9. The number of nitrogens with one attached hydrogen (secondary N) is 1. The van der Waals surface area contributed by atoms with Gasteiger partial charge in [-0.1, -0.05) is 6.08 Å². The number of allylic oxidation sites excluding steroid dienone is 1. The van der Waals surface area contributed by atoms with Gasteiger partial charge in [-0.15, -0.1) is 6.58 Å². The molecule has 2 aromatic rings. The number of ether oxygens (including phenoxy) is 4. The van der Waals surface area contributed by atoms with E-state index in [1.807, 2.05) is 6.07 Å². The summed E-state index contributed by atoms with van der Waals surface area (Å²) in [5.41, 5.74) is 2.12. The van der Waals surface area contributed by atoms with Crippen LogP contribution in [0.3, 0.4) is 0 Å². The number of methoxy groups -OCH3 is 4. The summed E-state index contributed by atoms with van der Waals surface area (Å²) in [6.07, 6.45) is 2.31. The fraction of sp³-hybridized carbons (Fsp3) is 0.286. The Morgan fingerprint density at radius 1 is 0.963 bits per heavy atom. The van der Waals surface area contributed by atoms with Gasteiger partial charge in [0.15, 0.2) is 11.5 Å². The second-order valence-corrected chi connectivity index (χ2v) is 5.72. The number of carbonyl (C=O) groups is 1. The van der Waals surface area contributed by atoms with E-state index in [-0.39, 0.29) is 5.91 Å². The molecule has 0 saturated heterocycles. The fourth-order valence-electron chi connectivity index (χ4n) is 2.78. The Bertz CT molecular complexity index is 816. The maximum atomic E-state index is 12.7. The van der Waals surface area contributed by atoms with Crippen molar-refractivity contribution in [2.45, 2.75) is 13.0 Å². The van der Waals surface area contributed by atoms with Gasteiger partial charge in [0.25, 0.3) is 5.91 Å². The van der Waals surface area contributed by atoms with Gasteiger partial charge in [0.1, 0.15) is 11.5 Å². The predicted octanol–water partition coefficient (Wildman–Crippen LogP) is 3.38. The van der Waals surface area contributed by atoms with Crippen LogP contribution in [-0.4, -0.2) is 34.3 Å². The summed E-state index contributed by atoms with van der Waals surface area (Å²) in [5.74, 6) is 2.24. The summed E-state index contributed by atoms with van der Waals surface area (Å²) in [4.78, 5) is 12.7. The molecule has 0 spiro atoms. The van der Waals surface area contributed by atoms with Crippen LogP contribution in [0.4, 0.5) is 0 Å². The first-order valence-electron chi connectivity index (χ1n) is 8.42. The molecule has 0 saturated carbocycles. The molecule has 144 valence electrons. The zero-order valence-corrected chi connectivity index (χ0v) is 16.1. The monoisotopic (exact) mass is 371 g/mol. The summed E-state index contributed by atoms with van der Waals surface area (Å²) >= 11 is 0. The SMILES string of the molecule is C=CCc1cc(C(=O)NCc2cc(OC)ccc2OC)cc(OC)c1OC. The van der Waals surface area contributed by atoms with E-state index in [9.17, 15) is 4.79 Å². The summed E-state index contributed by atoms with van der Waals surface area (Å²) in [7, 11) is 6.29. The van der Waals surface area contributed by atoms with E-state index in [1.54, 1.807) is 58.8 Å². The van der Waals surface area contributed by atoms with E-state index in [1.165, 1.54) is 0 Å². The van der Waals surface area contributed by atoms with E-state index in [2.05, 4.69) is 11.9 Å². The fourth-order valence-corrected chi connectivity index (χ4v) is 2.78.